The second-order valence-electron chi connectivity index (χ2n) is 8.09. The van der Waals surface area contributed by atoms with E-state index in [-0.39, 0.29) is 12.5 Å². The van der Waals surface area contributed by atoms with Crippen LogP contribution in [0.3, 0.4) is 0 Å². The van der Waals surface area contributed by atoms with Gasteiger partial charge in [0.2, 0.25) is 0 Å². The van der Waals surface area contributed by atoms with Gasteiger partial charge in [-0.1, -0.05) is 44.9 Å². The summed E-state index contributed by atoms with van der Waals surface area (Å²) in [5, 5.41) is 29.6. The fourth-order valence-corrected chi connectivity index (χ4v) is 4.28. The minimum atomic E-state index is -0.996. The number of rotatable bonds is 14. The molecule has 0 amide bonds. The standard InChI is InChI=1S/C22H38O4/c1-3-5-10-16-22(26,4-2)17-15-18-13-14-20(23)19(18)11-8-6-7-9-12-21(24)25/h2,18-20,23,26H,3,5-17H2,1H3,(H,24,25)/t18-,19-,20-,22?/m0/s1. The zero-order valence-corrected chi connectivity index (χ0v) is 16.5. The highest BCUT2D eigenvalue weighted by atomic mass is 16.4. The smallest absolute Gasteiger partial charge is 0.303 e. The number of carbonyl (C=O) groups is 1. The first kappa shape index (κ1) is 23.0. The molecule has 150 valence electrons. The first-order valence-electron chi connectivity index (χ1n) is 10.5. The summed E-state index contributed by atoms with van der Waals surface area (Å²) < 4.78 is 0. The molecule has 1 rings (SSSR count). The van der Waals surface area contributed by atoms with Crippen molar-refractivity contribution in [3.05, 3.63) is 0 Å². The van der Waals surface area contributed by atoms with Crippen molar-refractivity contribution < 1.29 is 20.1 Å². The molecule has 0 radical (unpaired) electrons. The summed E-state index contributed by atoms with van der Waals surface area (Å²) in [6.07, 6.45) is 17.5. The topological polar surface area (TPSA) is 77.8 Å². The summed E-state index contributed by atoms with van der Waals surface area (Å²) in [5.74, 6) is 2.62. The van der Waals surface area contributed by atoms with Crippen molar-refractivity contribution >= 4 is 5.97 Å². The molecule has 0 bridgehead atoms. The third-order valence-electron chi connectivity index (χ3n) is 6.00. The first-order valence-corrected chi connectivity index (χ1v) is 10.5. The van der Waals surface area contributed by atoms with E-state index in [1.807, 2.05) is 0 Å². The van der Waals surface area contributed by atoms with Gasteiger partial charge in [-0.25, -0.2) is 0 Å². The quantitative estimate of drug-likeness (QED) is 0.312. The van der Waals surface area contributed by atoms with E-state index in [2.05, 4.69) is 12.8 Å². The molecule has 1 unspecified atom stereocenters. The second kappa shape index (κ2) is 12.4. The number of carboxylic acid groups (broad SMARTS) is 1. The lowest BCUT2D eigenvalue weighted by Gasteiger charge is -2.27. The lowest BCUT2D eigenvalue weighted by molar-refractivity contribution is -0.137. The van der Waals surface area contributed by atoms with E-state index in [1.165, 1.54) is 0 Å². The molecule has 1 aliphatic rings. The largest absolute Gasteiger partial charge is 0.481 e. The fraction of sp³-hybridized carbons (Fsp3) is 0.864. The number of terminal acetylenes is 1. The van der Waals surface area contributed by atoms with Crippen LogP contribution >= 0.6 is 0 Å². The molecule has 4 nitrogen and oxygen atoms in total. The average Bonchev–Trinajstić information content (AvgIpc) is 2.96. The molecule has 0 aromatic heterocycles. The van der Waals surface area contributed by atoms with Crippen LogP contribution in [0.25, 0.3) is 0 Å². The third-order valence-corrected chi connectivity index (χ3v) is 6.00. The van der Waals surface area contributed by atoms with E-state index >= 15 is 0 Å². The van der Waals surface area contributed by atoms with Crippen LogP contribution in [-0.4, -0.2) is 33.0 Å². The molecular weight excluding hydrogens is 328 g/mol. The number of aliphatic carboxylic acids is 1. The monoisotopic (exact) mass is 366 g/mol. The van der Waals surface area contributed by atoms with Gasteiger partial charge in [-0.05, 0) is 63.2 Å². The van der Waals surface area contributed by atoms with Gasteiger partial charge in [0.1, 0.15) is 5.60 Å². The fourth-order valence-electron chi connectivity index (χ4n) is 4.28. The Labute approximate surface area is 159 Å². The summed E-state index contributed by atoms with van der Waals surface area (Å²) >= 11 is 0. The molecule has 0 spiro atoms. The second-order valence-corrected chi connectivity index (χ2v) is 8.09. The van der Waals surface area contributed by atoms with Crippen LogP contribution in [0.4, 0.5) is 0 Å². The Bertz CT molecular complexity index is 442. The lowest BCUT2D eigenvalue weighted by Crippen LogP contribution is -2.28. The maximum atomic E-state index is 10.6. The molecule has 1 aliphatic carbocycles. The Kier molecular flexibility index (Phi) is 10.9. The van der Waals surface area contributed by atoms with Gasteiger partial charge in [-0.2, -0.15) is 0 Å². The number of aliphatic hydroxyl groups excluding tert-OH is 1. The van der Waals surface area contributed by atoms with Crippen LogP contribution < -0.4 is 0 Å². The summed E-state index contributed by atoms with van der Waals surface area (Å²) in [5.41, 5.74) is -0.996. The first-order chi connectivity index (χ1) is 12.4. The van der Waals surface area contributed by atoms with Gasteiger partial charge < -0.3 is 15.3 Å². The van der Waals surface area contributed by atoms with Crippen LogP contribution in [0.5, 0.6) is 0 Å². The minimum absolute atomic E-state index is 0.238. The van der Waals surface area contributed by atoms with Crippen LogP contribution in [0.15, 0.2) is 0 Å². The van der Waals surface area contributed by atoms with E-state index in [9.17, 15) is 15.0 Å². The molecule has 4 heteroatoms. The van der Waals surface area contributed by atoms with Gasteiger partial charge in [0.05, 0.1) is 6.10 Å². The van der Waals surface area contributed by atoms with E-state index in [0.29, 0.717) is 24.7 Å². The van der Waals surface area contributed by atoms with Crippen molar-refractivity contribution in [3.8, 4) is 12.3 Å². The van der Waals surface area contributed by atoms with Gasteiger partial charge in [0.25, 0.3) is 0 Å². The van der Waals surface area contributed by atoms with Gasteiger partial charge in [-0.15, -0.1) is 6.42 Å². The van der Waals surface area contributed by atoms with Crippen molar-refractivity contribution in [3.63, 3.8) is 0 Å². The zero-order chi connectivity index (χ0) is 19.4. The van der Waals surface area contributed by atoms with Gasteiger partial charge in [-0.3, -0.25) is 4.79 Å². The van der Waals surface area contributed by atoms with E-state index in [4.69, 9.17) is 11.5 Å². The molecule has 0 saturated heterocycles. The Balaban J connectivity index is 2.35. The zero-order valence-electron chi connectivity index (χ0n) is 16.5. The number of aliphatic hydroxyl groups is 2. The van der Waals surface area contributed by atoms with Gasteiger partial charge >= 0.3 is 5.97 Å². The highest BCUT2D eigenvalue weighted by molar-refractivity contribution is 5.66. The van der Waals surface area contributed by atoms with Crippen molar-refractivity contribution in [1.29, 1.82) is 0 Å². The molecular formula is C22H38O4. The molecule has 0 aromatic carbocycles. The maximum absolute atomic E-state index is 10.6. The van der Waals surface area contributed by atoms with Crippen molar-refractivity contribution in [2.75, 3.05) is 0 Å². The number of carboxylic acids is 1. The van der Waals surface area contributed by atoms with Gasteiger partial charge in [0, 0.05) is 6.42 Å². The lowest BCUT2D eigenvalue weighted by atomic mass is 9.82. The SMILES string of the molecule is C#CC(O)(CCCCC)CC[C@@H]1CC[C@H](O)[C@H]1CCCCCCC(=O)O. The van der Waals surface area contributed by atoms with Crippen LogP contribution in [0, 0.1) is 24.2 Å². The van der Waals surface area contributed by atoms with E-state index in [1.54, 1.807) is 0 Å². The number of hydrogen-bond acceptors (Lipinski definition) is 3. The average molecular weight is 367 g/mol. The van der Waals surface area contributed by atoms with Crippen molar-refractivity contribution in [2.45, 2.75) is 109 Å². The van der Waals surface area contributed by atoms with E-state index < -0.39 is 11.6 Å². The summed E-state index contributed by atoms with van der Waals surface area (Å²) in [4.78, 5) is 10.5. The Hall–Kier alpha value is -1.05. The van der Waals surface area contributed by atoms with Gasteiger partial charge in [0.15, 0.2) is 0 Å². The van der Waals surface area contributed by atoms with Crippen LogP contribution in [0.1, 0.15) is 96.8 Å². The third kappa shape index (κ3) is 8.56. The molecule has 4 atom stereocenters. The molecule has 1 saturated carbocycles. The molecule has 0 heterocycles. The van der Waals surface area contributed by atoms with Crippen molar-refractivity contribution in [1.82, 2.24) is 0 Å². The number of hydrogen-bond donors (Lipinski definition) is 3. The predicted octanol–water partition coefficient (Wildman–Crippen LogP) is 4.52. The molecule has 3 N–H and O–H groups in total. The van der Waals surface area contributed by atoms with Crippen LogP contribution in [0.2, 0.25) is 0 Å². The molecule has 0 aliphatic heterocycles. The number of unbranched alkanes of at least 4 members (excludes halogenated alkanes) is 5. The summed E-state index contributed by atoms with van der Waals surface area (Å²) in [7, 11) is 0. The molecule has 26 heavy (non-hydrogen) atoms. The summed E-state index contributed by atoms with van der Waals surface area (Å²) in [6.45, 7) is 2.14. The predicted molar refractivity (Wildman–Crippen MR) is 105 cm³/mol. The normalized spacial score (nSPS) is 24.9. The molecule has 1 fully saturated rings. The Morgan fingerprint density at radius 2 is 1.81 bits per heavy atom. The van der Waals surface area contributed by atoms with Crippen molar-refractivity contribution in [2.24, 2.45) is 11.8 Å². The highest BCUT2D eigenvalue weighted by Crippen LogP contribution is 2.40. The Morgan fingerprint density at radius 1 is 1.08 bits per heavy atom. The summed E-state index contributed by atoms with van der Waals surface area (Å²) in [6, 6.07) is 0. The molecule has 0 aromatic rings. The maximum Gasteiger partial charge on any atom is 0.303 e. The van der Waals surface area contributed by atoms with Crippen LogP contribution in [-0.2, 0) is 4.79 Å². The van der Waals surface area contributed by atoms with E-state index in [0.717, 1.165) is 70.6 Å². The highest BCUT2D eigenvalue weighted by Gasteiger charge is 2.36. The Morgan fingerprint density at radius 3 is 2.46 bits per heavy atom. The minimum Gasteiger partial charge on any atom is -0.481 e.